The smallest absolute Gasteiger partial charge is 0.407 e. The number of alkyl carbamates (subject to hydrolysis) is 1. The Hall–Kier alpha value is -2.02. The number of carbonyl (C=O) groups excluding carboxylic acids is 1. The molecule has 0 unspecified atom stereocenters. The summed E-state index contributed by atoms with van der Waals surface area (Å²) >= 11 is 5.73. The van der Waals surface area contributed by atoms with Crippen LogP contribution in [0, 0.1) is 10.1 Å². The van der Waals surface area contributed by atoms with Gasteiger partial charge in [-0.15, -0.1) is 0 Å². The highest BCUT2D eigenvalue weighted by molar-refractivity contribution is 6.32. The van der Waals surface area contributed by atoms with Crippen LogP contribution in [0.3, 0.4) is 0 Å². The predicted octanol–water partition coefficient (Wildman–Crippen LogP) is 3.57. The van der Waals surface area contributed by atoms with E-state index in [0.29, 0.717) is 25.2 Å². The van der Waals surface area contributed by atoms with E-state index in [-0.39, 0.29) is 10.7 Å². The molecule has 0 aromatic heterocycles. The Morgan fingerprint density at radius 1 is 1.36 bits per heavy atom. The molecule has 1 amide bonds. The zero-order valence-corrected chi connectivity index (χ0v) is 13.6. The van der Waals surface area contributed by atoms with Crippen LogP contribution >= 0.6 is 11.6 Å². The Balaban J connectivity index is 2.32. The summed E-state index contributed by atoms with van der Waals surface area (Å²) in [4.78, 5) is 21.6. The van der Waals surface area contributed by atoms with Gasteiger partial charge in [0.25, 0.3) is 5.69 Å². The predicted molar refractivity (Wildman–Crippen MR) is 85.4 cm³/mol. The van der Waals surface area contributed by atoms with Gasteiger partial charge in [0, 0.05) is 24.8 Å². The van der Waals surface area contributed by atoms with Crippen LogP contribution in [0.2, 0.25) is 5.02 Å². The molecule has 0 aliphatic carbocycles. The van der Waals surface area contributed by atoms with Crippen molar-refractivity contribution < 1.29 is 14.5 Å². The quantitative estimate of drug-likeness (QED) is 0.472. The molecule has 0 saturated heterocycles. The fourth-order valence-corrected chi connectivity index (χ4v) is 1.77. The Morgan fingerprint density at radius 3 is 2.64 bits per heavy atom. The minimum Gasteiger partial charge on any atom is -0.444 e. The van der Waals surface area contributed by atoms with Crippen LogP contribution in [-0.2, 0) is 4.74 Å². The third kappa shape index (κ3) is 6.62. The molecule has 1 aromatic rings. The van der Waals surface area contributed by atoms with E-state index in [2.05, 4.69) is 10.6 Å². The molecule has 0 radical (unpaired) electrons. The lowest BCUT2D eigenvalue weighted by molar-refractivity contribution is -0.384. The largest absolute Gasteiger partial charge is 0.444 e. The van der Waals surface area contributed by atoms with Gasteiger partial charge >= 0.3 is 6.09 Å². The maximum atomic E-state index is 11.4. The number of ether oxygens (including phenoxy) is 1. The van der Waals surface area contributed by atoms with E-state index in [1.807, 2.05) is 0 Å². The van der Waals surface area contributed by atoms with Crippen LogP contribution in [0.15, 0.2) is 18.2 Å². The van der Waals surface area contributed by atoms with Crippen molar-refractivity contribution in [3.05, 3.63) is 33.3 Å². The van der Waals surface area contributed by atoms with Gasteiger partial charge in [-0.1, -0.05) is 11.6 Å². The summed E-state index contributed by atoms with van der Waals surface area (Å²) in [5.41, 5.74) is -0.0585. The third-order valence-corrected chi connectivity index (χ3v) is 2.81. The lowest BCUT2D eigenvalue weighted by Gasteiger charge is -2.19. The van der Waals surface area contributed by atoms with Gasteiger partial charge in [-0.25, -0.2) is 4.79 Å². The first-order valence-electron chi connectivity index (χ1n) is 6.84. The highest BCUT2D eigenvalue weighted by atomic mass is 35.5. The molecule has 0 fully saturated rings. The number of benzene rings is 1. The summed E-state index contributed by atoms with van der Waals surface area (Å²) in [6.45, 7) is 6.37. The van der Waals surface area contributed by atoms with Crippen LogP contribution in [0.4, 0.5) is 16.2 Å². The standard InChI is InChI=1S/C14H20ClN3O4/c1-14(2,3)22-13(19)17-8-4-7-16-10-5-6-11(15)12(9-10)18(20)21/h5-6,9,16H,4,7-8H2,1-3H3,(H,17,19). The molecule has 2 N–H and O–H groups in total. The van der Waals surface area contributed by atoms with E-state index in [1.54, 1.807) is 26.8 Å². The van der Waals surface area contributed by atoms with Gasteiger partial charge in [-0.2, -0.15) is 0 Å². The topological polar surface area (TPSA) is 93.5 Å². The zero-order valence-electron chi connectivity index (χ0n) is 12.8. The van der Waals surface area contributed by atoms with Crippen LogP contribution in [0.1, 0.15) is 27.2 Å². The molecule has 0 aliphatic rings. The Kier molecular flexibility index (Phi) is 6.42. The zero-order chi connectivity index (χ0) is 16.8. The summed E-state index contributed by atoms with van der Waals surface area (Å²) in [7, 11) is 0. The molecular formula is C14H20ClN3O4. The molecule has 0 aliphatic heterocycles. The molecule has 7 nitrogen and oxygen atoms in total. The summed E-state index contributed by atoms with van der Waals surface area (Å²) in [6, 6.07) is 4.52. The lowest BCUT2D eigenvalue weighted by Crippen LogP contribution is -2.33. The van der Waals surface area contributed by atoms with Crippen LogP contribution < -0.4 is 10.6 Å². The van der Waals surface area contributed by atoms with Gasteiger partial charge in [-0.05, 0) is 39.3 Å². The second kappa shape index (κ2) is 7.84. The molecule has 0 spiro atoms. The molecule has 1 rings (SSSR count). The number of rotatable bonds is 6. The average molecular weight is 330 g/mol. The fourth-order valence-electron chi connectivity index (χ4n) is 1.59. The van der Waals surface area contributed by atoms with Crippen molar-refractivity contribution in [2.75, 3.05) is 18.4 Å². The lowest BCUT2D eigenvalue weighted by atomic mass is 10.2. The van der Waals surface area contributed by atoms with Crippen molar-refractivity contribution in [1.82, 2.24) is 5.32 Å². The number of nitro groups is 1. The Bertz CT molecular complexity index is 543. The summed E-state index contributed by atoms with van der Waals surface area (Å²) in [5, 5.41) is 16.5. The molecule has 0 atom stereocenters. The molecule has 0 saturated carbocycles. The van der Waals surface area contributed by atoms with E-state index in [1.165, 1.54) is 12.1 Å². The number of hydrogen-bond acceptors (Lipinski definition) is 5. The average Bonchev–Trinajstić information content (AvgIpc) is 2.37. The van der Waals surface area contributed by atoms with Gasteiger partial charge in [0.05, 0.1) is 4.92 Å². The van der Waals surface area contributed by atoms with E-state index in [0.717, 1.165) is 0 Å². The van der Waals surface area contributed by atoms with Crippen LogP contribution in [0.5, 0.6) is 0 Å². The number of nitrogens with one attached hydrogen (secondary N) is 2. The number of hydrogen-bond donors (Lipinski definition) is 2. The first-order chi connectivity index (χ1) is 10.2. The van der Waals surface area contributed by atoms with Crippen molar-refractivity contribution in [3.63, 3.8) is 0 Å². The summed E-state index contributed by atoms with van der Waals surface area (Å²) in [5.74, 6) is 0. The van der Waals surface area contributed by atoms with Gasteiger partial charge in [0.1, 0.15) is 10.6 Å². The van der Waals surface area contributed by atoms with E-state index in [9.17, 15) is 14.9 Å². The molecule has 1 aromatic carbocycles. The van der Waals surface area contributed by atoms with Crippen LogP contribution in [0.25, 0.3) is 0 Å². The first-order valence-corrected chi connectivity index (χ1v) is 7.21. The van der Waals surface area contributed by atoms with E-state index >= 15 is 0 Å². The molecule has 0 heterocycles. The van der Waals surface area contributed by atoms with E-state index in [4.69, 9.17) is 16.3 Å². The maximum absolute atomic E-state index is 11.4. The van der Waals surface area contributed by atoms with Crippen molar-refractivity contribution in [2.24, 2.45) is 0 Å². The fraction of sp³-hybridized carbons (Fsp3) is 0.500. The molecular weight excluding hydrogens is 310 g/mol. The Labute approximate surface area is 134 Å². The monoisotopic (exact) mass is 329 g/mol. The van der Waals surface area contributed by atoms with Gasteiger partial charge in [0.15, 0.2) is 0 Å². The number of nitro benzene ring substituents is 1. The SMILES string of the molecule is CC(C)(C)OC(=O)NCCCNc1ccc(Cl)c([N+](=O)[O-])c1. The number of carbonyl (C=O) groups is 1. The molecule has 0 bridgehead atoms. The number of halogens is 1. The van der Waals surface area contributed by atoms with Gasteiger partial charge in [-0.3, -0.25) is 10.1 Å². The summed E-state index contributed by atoms with van der Waals surface area (Å²) in [6.07, 6.45) is 0.185. The van der Waals surface area contributed by atoms with Gasteiger partial charge < -0.3 is 15.4 Å². The van der Waals surface area contributed by atoms with Crippen molar-refractivity contribution in [1.29, 1.82) is 0 Å². The van der Waals surface area contributed by atoms with Gasteiger partial charge in [0.2, 0.25) is 0 Å². The molecule has 8 heteroatoms. The third-order valence-electron chi connectivity index (χ3n) is 2.49. The van der Waals surface area contributed by atoms with Crippen LogP contribution in [-0.4, -0.2) is 29.7 Å². The van der Waals surface area contributed by atoms with Crippen molar-refractivity contribution in [2.45, 2.75) is 32.8 Å². The van der Waals surface area contributed by atoms with Crippen molar-refractivity contribution in [3.8, 4) is 0 Å². The number of anilines is 1. The first kappa shape index (κ1) is 18.0. The second-order valence-corrected chi connectivity index (χ2v) is 6.04. The number of nitrogens with zero attached hydrogens (tertiary/aromatic N) is 1. The normalized spacial score (nSPS) is 10.9. The molecule has 22 heavy (non-hydrogen) atoms. The summed E-state index contributed by atoms with van der Waals surface area (Å²) < 4.78 is 5.10. The second-order valence-electron chi connectivity index (χ2n) is 5.63. The minimum atomic E-state index is -0.530. The maximum Gasteiger partial charge on any atom is 0.407 e. The highest BCUT2D eigenvalue weighted by Crippen LogP contribution is 2.27. The highest BCUT2D eigenvalue weighted by Gasteiger charge is 2.15. The Morgan fingerprint density at radius 2 is 2.05 bits per heavy atom. The minimum absolute atomic E-state index is 0.0992. The molecule has 122 valence electrons. The number of amides is 1. The van der Waals surface area contributed by atoms with Crippen molar-refractivity contribution >= 4 is 29.1 Å². The van der Waals surface area contributed by atoms with E-state index < -0.39 is 16.6 Å².